The zero-order chi connectivity index (χ0) is 14.8. The highest BCUT2D eigenvalue weighted by Crippen LogP contribution is 2.22. The van der Waals surface area contributed by atoms with E-state index in [0.29, 0.717) is 10.8 Å². The predicted molar refractivity (Wildman–Crippen MR) is 90.2 cm³/mol. The number of nitrogens with zero attached hydrogens (tertiary/aromatic N) is 2. The molecule has 118 valence electrons. The number of carbonyl (C=O) groups is 1. The van der Waals surface area contributed by atoms with Crippen molar-refractivity contribution in [2.75, 3.05) is 11.9 Å². The summed E-state index contributed by atoms with van der Waals surface area (Å²) in [5.74, 6) is 0.516. The zero-order valence-corrected chi connectivity index (χ0v) is 13.7. The molecule has 1 amide bonds. The summed E-state index contributed by atoms with van der Waals surface area (Å²) in [7, 11) is 0. The van der Waals surface area contributed by atoms with Gasteiger partial charge in [0.25, 0.3) is 0 Å². The van der Waals surface area contributed by atoms with Gasteiger partial charge in [-0.3, -0.25) is 4.79 Å². The molecule has 1 aromatic carbocycles. The van der Waals surface area contributed by atoms with Crippen LogP contribution in [0.5, 0.6) is 0 Å². The summed E-state index contributed by atoms with van der Waals surface area (Å²) in [6.07, 6.45) is 1.90. The van der Waals surface area contributed by atoms with E-state index in [1.54, 1.807) is 4.68 Å². The molecule has 1 fully saturated rings. The van der Waals surface area contributed by atoms with E-state index in [2.05, 4.69) is 15.7 Å². The molecule has 3 rings (SSSR count). The van der Waals surface area contributed by atoms with Crippen LogP contribution in [0.25, 0.3) is 5.69 Å². The normalized spacial score (nSPS) is 17.1. The minimum atomic E-state index is -0.115. The first-order chi connectivity index (χ1) is 10.1. The third kappa shape index (κ3) is 3.43. The number of benzene rings is 1. The van der Waals surface area contributed by atoms with E-state index in [0.717, 1.165) is 30.8 Å². The lowest BCUT2D eigenvalue weighted by molar-refractivity contribution is -0.117. The average Bonchev–Trinajstić information content (AvgIpc) is 3.09. The van der Waals surface area contributed by atoms with Gasteiger partial charge in [-0.05, 0) is 38.4 Å². The quantitative estimate of drug-likeness (QED) is 0.902. The lowest BCUT2D eigenvalue weighted by atomic mass is 10.2. The van der Waals surface area contributed by atoms with Crippen molar-refractivity contribution in [3.05, 3.63) is 41.0 Å². The van der Waals surface area contributed by atoms with Crippen molar-refractivity contribution in [2.24, 2.45) is 0 Å². The number of aryl methyl sites for hydroxylation is 1. The Labute approximate surface area is 140 Å². The second-order valence-electron chi connectivity index (χ2n) is 5.17. The lowest BCUT2D eigenvalue weighted by Gasteiger charge is -2.09. The van der Waals surface area contributed by atoms with Crippen molar-refractivity contribution in [1.82, 2.24) is 15.1 Å². The Morgan fingerprint density at radius 2 is 2.23 bits per heavy atom. The Morgan fingerprint density at radius 3 is 2.91 bits per heavy atom. The third-order valence-corrected chi connectivity index (χ3v) is 3.92. The van der Waals surface area contributed by atoms with E-state index in [4.69, 9.17) is 11.6 Å². The molecule has 5 nitrogen and oxygen atoms in total. The molecule has 0 aliphatic carbocycles. The maximum absolute atomic E-state index is 12.1. The molecule has 22 heavy (non-hydrogen) atoms. The van der Waals surface area contributed by atoms with Gasteiger partial charge in [-0.25, -0.2) is 4.68 Å². The van der Waals surface area contributed by atoms with Gasteiger partial charge in [0.15, 0.2) is 5.82 Å². The molecule has 1 unspecified atom stereocenters. The molecule has 2 heterocycles. The minimum absolute atomic E-state index is 0. The molecule has 1 saturated heterocycles. The van der Waals surface area contributed by atoms with Gasteiger partial charge in [0.1, 0.15) is 0 Å². The highest BCUT2D eigenvalue weighted by Gasteiger charge is 2.22. The Kier molecular flexibility index (Phi) is 5.45. The number of carbonyl (C=O) groups excluding carboxylic acids is 1. The van der Waals surface area contributed by atoms with Crippen LogP contribution >= 0.6 is 24.0 Å². The number of anilines is 1. The Balaban J connectivity index is 0.00000176. The standard InChI is InChI=1S/C15H17ClN4O.ClH/c1-10-9-14(18-15(21)12-6-4-8-17-12)19-20(10)13-7-3-2-5-11(13)16;/h2-3,5,7,9,12,17H,4,6,8H2,1H3,(H,18,19,21);1H. The van der Waals surface area contributed by atoms with Gasteiger partial charge in [0.05, 0.1) is 16.8 Å². The molecule has 2 N–H and O–H groups in total. The number of aromatic nitrogens is 2. The van der Waals surface area contributed by atoms with Gasteiger partial charge < -0.3 is 10.6 Å². The van der Waals surface area contributed by atoms with Gasteiger partial charge >= 0.3 is 0 Å². The molecule has 1 atom stereocenters. The molecule has 1 aromatic heterocycles. The van der Waals surface area contributed by atoms with E-state index in [1.807, 2.05) is 37.3 Å². The fourth-order valence-electron chi connectivity index (χ4n) is 2.52. The van der Waals surface area contributed by atoms with E-state index in [-0.39, 0.29) is 24.4 Å². The smallest absolute Gasteiger partial charge is 0.242 e. The zero-order valence-electron chi connectivity index (χ0n) is 12.2. The number of nitrogens with one attached hydrogen (secondary N) is 2. The first-order valence-corrected chi connectivity index (χ1v) is 7.39. The van der Waals surface area contributed by atoms with Gasteiger partial charge in [-0.1, -0.05) is 23.7 Å². The maximum Gasteiger partial charge on any atom is 0.242 e. The van der Waals surface area contributed by atoms with Crippen molar-refractivity contribution >= 4 is 35.7 Å². The molecule has 7 heteroatoms. The largest absolute Gasteiger partial charge is 0.308 e. The molecule has 0 bridgehead atoms. The SMILES string of the molecule is Cc1cc(NC(=O)C2CCCN2)nn1-c1ccccc1Cl.Cl. The number of para-hydroxylation sites is 1. The van der Waals surface area contributed by atoms with E-state index in [1.165, 1.54) is 0 Å². The number of rotatable bonds is 3. The van der Waals surface area contributed by atoms with Crippen LogP contribution in [0.3, 0.4) is 0 Å². The molecule has 0 radical (unpaired) electrons. The number of hydrogen-bond donors (Lipinski definition) is 2. The number of amides is 1. The van der Waals surface area contributed by atoms with Gasteiger partial charge in [0.2, 0.25) is 5.91 Å². The first kappa shape index (κ1) is 16.8. The van der Waals surface area contributed by atoms with E-state index < -0.39 is 0 Å². The summed E-state index contributed by atoms with van der Waals surface area (Å²) >= 11 is 6.19. The summed E-state index contributed by atoms with van der Waals surface area (Å²) in [5, 5.41) is 11.1. The molecule has 1 aliphatic heterocycles. The van der Waals surface area contributed by atoms with E-state index >= 15 is 0 Å². The molecule has 0 saturated carbocycles. The van der Waals surface area contributed by atoms with Crippen molar-refractivity contribution < 1.29 is 4.79 Å². The fourth-order valence-corrected chi connectivity index (χ4v) is 2.74. The fraction of sp³-hybridized carbons (Fsp3) is 0.333. The number of halogens is 2. The second-order valence-corrected chi connectivity index (χ2v) is 5.58. The summed E-state index contributed by atoms with van der Waals surface area (Å²) in [4.78, 5) is 12.1. The monoisotopic (exact) mass is 340 g/mol. The van der Waals surface area contributed by atoms with Crippen molar-refractivity contribution in [3.8, 4) is 5.69 Å². The molecular weight excluding hydrogens is 323 g/mol. The molecule has 2 aromatic rings. The third-order valence-electron chi connectivity index (χ3n) is 3.60. The Hall–Kier alpha value is -1.56. The second kappa shape index (κ2) is 7.13. The van der Waals surface area contributed by atoms with Crippen LogP contribution < -0.4 is 10.6 Å². The van der Waals surface area contributed by atoms with Crippen molar-refractivity contribution in [1.29, 1.82) is 0 Å². The van der Waals surface area contributed by atoms with Crippen molar-refractivity contribution in [2.45, 2.75) is 25.8 Å². The van der Waals surface area contributed by atoms with Crippen LogP contribution in [0, 0.1) is 6.92 Å². The highest BCUT2D eigenvalue weighted by molar-refractivity contribution is 6.32. The summed E-state index contributed by atoms with van der Waals surface area (Å²) in [6.45, 7) is 2.82. The number of hydrogen-bond acceptors (Lipinski definition) is 3. The Morgan fingerprint density at radius 1 is 1.45 bits per heavy atom. The maximum atomic E-state index is 12.1. The van der Waals surface area contributed by atoms with Crippen LogP contribution in [-0.4, -0.2) is 28.3 Å². The van der Waals surface area contributed by atoms with Crippen LogP contribution in [0.2, 0.25) is 5.02 Å². The topological polar surface area (TPSA) is 59.0 Å². The lowest BCUT2D eigenvalue weighted by Crippen LogP contribution is -2.35. The first-order valence-electron chi connectivity index (χ1n) is 7.01. The van der Waals surface area contributed by atoms with Gasteiger partial charge in [-0.15, -0.1) is 17.5 Å². The average molecular weight is 341 g/mol. The van der Waals surface area contributed by atoms with Gasteiger partial charge in [0, 0.05) is 11.8 Å². The van der Waals surface area contributed by atoms with Crippen LogP contribution in [0.4, 0.5) is 5.82 Å². The molecular formula is C15H18Cl2N4O. The molecule has 1 aliphatic rings. The Bertz CT molecular complexity index is 665. The minimum Gasteiger partial charge on any atom is -0.308 e. The van der Waals surface area contributed by atoms with E-state index in [9.17, 15) is 4.79 Å². The summed E-state index contributed by atoms with van der Waals surface area (Å²) in [6, 6.07) is 9.22. The van der Waals surface area contributed by atoms with Gasteiger partial charge in [-0.2, -0.15) is 0 Å². The van der Waals surface area contributed by atoms with Crippen molar-refractivity contribution in [3.63, 3.8) is 0 Å². The van der Waals surface area contributed by atoms with Crippen LogP contribution in [-0.2, 0) is 4.79 Å². The van der Waals surface area contributed by atoms with Crippen LogP contribution in [0.15, 0.2) is 30.3 Å². The summed E-state index contributed by atoms with van der Waals surface area (Å²) < 4.78 is 1.74. The predicted octanol–water partition coefficient (Wildman–Crippen LogP) is 2.95. The highest BCUT2D eigenvalue weighted by atomic mass is 35.5. The summed E-state index contributed by atoms with van der Waals surface area (Å²) in [5.41, 5.74) is 1.72. The van der Waals surface area contributed by atoms with Crippen LogP contribution in [0.1, 0.15) is 18.5 Å². The molecule has 0 spiro atoms.